The number of H-pyrrole nitrogens is 1. The van der Waals surface area contributed by atoms with Crippen LogP contribution >= 0.6 is 11.3 Å². The molecule has 2 aromatic rings. The van der Waals surface area contributed by atoms with Gasteiger partial charge in [0.05, 0.1) is 6.04 Å². The summed E-state index contributed by atoms with van der Waals surface area (Å²) in [5.74, 6) is -0.143. The average molecular weight is 235 g/mol. The molecular formula is C11H13N3OS. The molecule has 0 aromatic carbocycles. The van der Waals surface area contributed by atoms with Gasteiger partial charge in [-0.15, -0.1) is 0 Å². The van der Waals surface area contributed by atoms with Crippen LogP contribution in [0.2, 0.25) is 0 Å². The highest BCUT2D eigenvalue weighted by Crippen LogP contribution is 2.16. The second-order valence-corrected chi connectivity index (χ2v) is 4.38. The molecule has 0 radical (unpaired) electrons. The number of amides is 1. The van der Waals surface area contributed by atoms with Crippen LogP contribution in [0.25, 0.3) is 0 Å². The molecule has 4 nitrogen and oxygen atoms in total. The number of thiophene rings is 1. The summed E-state index contributed by atoms with van der Waals surface area (Å²) < 4.78 is 0. The topological polar surface area (TPSA) is 70.9 Å². The Hall–Kier alpha value is -1.75. The fourth-order valence-corrected chi connectivity index (χ4v) is 2.18. The van der Waals surface area contributed by atoms with E-state index < -0.39 is 0 Å². The lowest BCUT2D eigenvalue weighted by Gasteiger charge is -2.11. The molecule has 2 heterocycles. The van der Waals surface area contributed by atoms with Crippen molar-refractivity contribution in [3.8, 4) is 0 Å². The zero-order chi connectivity index (χ0) is 11.5. The van der Waals surface area contributed by atoms with Crippen LogP contribution in [0.15, 0.2) is 29.1 Å². The standard InChI is InChI=1S/C11H13N3OS/c1-7(8-2-3-16-6-8)14-11(15)10-4-9(12)5-13-10/h2-7,13H,12H2,1H3,(H,14,15). The zero-order valence-corrected chi connectivity index (χ0v) is 9.67. The Morgan fingerprint density at radius 3 is 3.00 bits per heavy atom. The van der Waals surface area contributed by atoms with E-state index in [1.807, 2.05) is 23.8 Å². The van der Waals surface area contributed by atoms with Gasteiger partial charge in [0.1, 0.15) is 5.69 Å². The summed E-state index contributed by atoms with van der Waals surface area (Å²) in [6, 6.07) is 3.62. The Morgan fingerprint density at radius 1 is 1.62 bits per heavy atom. The van der Waals surface area contributed by atoms with Crippen LogP contribution in [0.4, 0.5) is 5.69 Å². The first-order valence-electron chi connectivity index (χ1n) is 4.93. The number of carbonyl (C=O) groups excluding carboxylic acids is 1. The molecule has 1 unspecified atom stereocenters. The van der Waals surface area contributed by atoms with E-state index in [2.05, 4.69) is 10.3 Å². The van der Waals surface area contributed by atoms with E-state index in [-0.39, 0.29) is 11.9 Å². The van der Waals surface area contributed by atoms with Gasteiger partial charge in [-0.25, -0.2) is 0 Å². The first-order chi connectivity index (χ1) is 7.66. The lowest BCUT2D eigenvalue weighted by Crippen LogP contribution is -2.26. The van der Waals surface area contributed by atoms with Gasteiger partial charge in [-0.05, 0) is 35.4 Å². The number of nitrogens with one attached hydrogen (secondary N) is 2. The van der Waals surface area contributed by atoms with Crippen molar-refractivity contribution in [1.29, 1.82) is 0 Å². The molecule has 2 aromatic heterocycles. The number of nitrogen functional groups attached to an aromatic ring is 1. The van der Waals surface area contributed by atoms with Gasteiger partial charge < -0.3 is 16.0 Å². The molecular weight excluding hydrogens is 222 g/mol. The number of nitrogens with two attached hydrogens (primary N) is 1. The maximum absolute atomic E-state index is 11.8. The largest absolute Gasteiger partial charge is 0.397 e. The van der Waals surface area contributed by atoms with Crippen LogP contribution in [0.5, 0.6) is 0 Å². The van der Waals surface area contributed by atoms with Gasteiger partial charge in [0.15, 0.2) is 0 Å². The Bertz CT molecular complexity index is 475. The molecule has 1 atom stereocenters. The van der Waals surface area contributed by atoms with Gasteiger partial charge in [0.25, 0.3) is 5.91 Å². The molecule has 0 saturated carbocycles. The summed E-state index contributed by atoms with van der Waals surface area (Å²) in [5.41, 5.74) is 7.69. The molecule has 16 heavy (non-hydrogen) atoms. The smallest absolute Gasteiger partial charge is 0.268 e. The molecule has 0 fully saturated rings. The molecule has 1 amide bonds. The van der Waals surface area contributed by atoms with E-state index in [4.69, 9.17) is 5.73 Å². The Morgan fingerprint density at radius 2 is 2.44 bits per heavy atom. The first kappa shape index (κ1) is 10.8. The van der Waals surface area contributed by atoms with Crippen LogP contribution < -0.4 is 11.1 Å². The van der Waals surface area contributed by atoms with Crippen molar-refractivity contribution < 1.29 is 4.79 Å². The molecule has 5 heteroatoms. The predicted molar refractivity (Wildman–Crippen MR) is 65.4 cm³/mol. The molecule has 0 aliphatic carbocycles. The van der Waals surface area contributed by atoms with E-state index in [1.54, 1.807) is 23.6 Å². The quantitative estimate of drug-likeness (QED) is 0.762. The third-order valence-corrected chi connectivity index (χ3v) is 3.04. The summed E-state index contributed by atoms with van der Waals surface area (Å²) in [5, 5.41) is 6.91. The number of hydrogen-bond donors (Lipinski definition) is 3. The van der Waals surface area contributed by atoms with Gasteiger partial charge in [-0.3, -0.25) is 4.79 Å². The second kappa shape index (κ2) is 4.40. The van der Waals surface area contributed by atoms with Gasteiger partial charge in [-0.1, -0.05) is 0 Å². The highest BCUT2D eigenvalue weighted by atomic mass is 32.1. The van der Waals surface area contributed by atoms with Crippen molar-refractivity contribution in [3.63, 3.8) is 0 Å². The SMILES string of the molecule is CC(NC(=O)c1cc(N)c[nH]1)c1ccsc1. The minimum absolute atomic E-state index is 0.00303. The molecule has 4 N–H and O–H groups in total. The fraction of sp³-hybridized carbons (Fsp3) is 0.182. The monoisotopic (exact) mass is 235 g/mol. The molecule has 0 aliphatic rings. The van der Waals surface area contributed by atoms with Crippen molar-refractivity contribution in [2.75, 3.05) is 5.73 Å². The van der Waals surface area contributed by atoms with Crippen molar-refractivity contribution in [1.82, 2.24) is 10.3 Å². The summed E-state index contributed by atoms with van der Waals surface area (Å²) in [7, 11) is 0. The first-order valence-corrected chi connectivity index (χ1v) is 5.88. The van der Waals surface area contributed by atoms with E-state index in [0.717, 1.165) is 5.56 Å². The minimum atomic E-state index is -0.143. The molecule has 0 spiro atoms. The van der Waals surface area contributed by atoms with Crippen LogP contribution in [0, 0.1) is 0 Å². The molecule has 84 valence electrons. The van der Waals surface area contributed by atoms with Gasteiger partial charge in [0.2, 0.25) is 0 Å². The number of aromatic nitrogens is 1. The third kappa shape index (κ3) is 2.25. The maximum atomic E-state index is 11.8. The predicted octanol–water partition coefficient (Wildman–Crippen LogP) is 2.15. The molecule has 2 rings (SSSR count). The fourth-order valence-electron chi connectivity index (χ4n) is 1.42. The summed E-state index contributed by atoms with van der Waals surface area (Å²) in [6.45, 7) is 1.95. The number of aromatic amines is 1. The van der Waals surface area contributed by atoms with Crippen LogP contribution in [-0.2, 0) is 0 Å². The third-order valence-electron chi connectivity index (χ3n) is 2.34. The van der Waals surface area contributed by atoms with E-state index >= 15 is 0 Å². The van der Waals surface area contributed by atoms with E-state index in [9.17, 15) is 4.79 Å². The lowest BCUT2D eigenvalue weighted by molar-refractivity contribution is 0.0935. The van der Waals surface area contributed by atoms with Crippen molar-refractivity contribution >= 4 is 22.9 Å². The normalized spacial score (nSPS) is 12.3. The second-order valence-electron chi connectivity index (χ2n) is 3.60. The summed E-state index contributed by atoms with van der Waals surface area (Å²) in [6.07, 6.45) is 1.60. The molecule has 0 bridgehead atoms. The van der Waals surface area contributed by atoms with Crippen LogP contribution in [0.3, 0.4) is 0 Å². The van der Waals surface area contributed by atoms with Crippen molar-refractivity contribution in [3.05, 3.63) is 40.3 Å². The zero-order valence-electron chi connectivity index (χ0n) is 8.86. The van der Waals surface area contributed by atoms with Gasteiger partial charge >= 0.3 is 0 Å². The summed E-state index contributed by atoms with van der Waals surface area (Å²) >= 11 is 1.62. The van der Waals surface area contributed by atoms with Crippen molar-refractivity contribution in [2.24, 2.45) is 0 Å². The lowest BCUT2D eigenvalue weighted by atomic mass is 10.2. The number of anilines is 1. The molecule has 0 saturated heterocycles. The van der Waals surface area contributed by atoms with Crippen LogP contribution in [-0.4, -0.2) is 10.9 Å². The Labute approximate surface area is 97.5 Å². The van der Waals surface area contributed by atoms with Crippen LogP contribution in [0.1, 0.15) is 29.0 Å². The average Bonchev–Trinajstić information content (AvgIpc) is 2.87. The summed E-state index contributed by atoms with van der Waals surface area (Å²) in [4.78, 5) is 14.6. The minimum Gasteiger partial charge on any atom is -0.397 e. The number of rotatable bonds is 3. The highest BCUT2D eigenvalue weighted by Gasteiger charge is 2.12. The highest BCUT2D eigenvalue weighted by molar-refractivity contribution is 7.07. The number of hydrogen-bond acceptors (Lipinski definition) is 3. The Kier molecular flexibility index (Phi) is 2.96. The Balaban J connectivity index is 2.03. The van der Waals surface area contributed by atoms with E-state index in [0.29, 0.717) is 11.4 Å². The van der Waals surface area contributed by atoms with Gasteiger partial charge in [0, 0.05) is 11.9 Å². The van der Waals surface area contributed by atoms with Gasteiger partial charge in [-0.2, -0.15) is 11.3 Å². The van der Waals surface area contributed by atoms with Crippen molar-refractivity contribution in [2.45, 2.75) is 13.0 Å². The van der Waals surface area contributed by atoms with E-state index in [1.165, 1.54) is 0 Å². The molecule has 0 aliphatic heterocycles. The maximum Gasteiger partial charge on any atom is 0.268 e. The number of carbonyl (C=O) groups is 1.